The minimum atomic E-state index is -1.54. The van der Waals surface area contributed by atoms with Gasteiger partial charge in [0.05, 0.1) is 16.5 Å². The van der Waals surface area contributed by atoms with Crippen molar-refractivity contribution >= 4 is 22.4 Å². The predicted octanol–water partition coefficient (Wildman–Crippen LogP) is 0.261. The third-order valence-electron chi connectivity index (χ3n) is 1.78. The fourth-order valence-electron chi connectivity index (χ4n) is 0.924. The maximum atomic E-state index is 13.0. The van der Waals surface area contributed by atoms with Gasteiger partial charge in [0.15, 0.2) is 0 Å². The third kappa shape index (κ3) is 3.02. The largest absolute Gasteiger partial charge is 0.396 e. The second kappa shape index (κ2) is 4.88. The molecule has 1 atom stereocenters. The molecule has 0 heterocycles. The Hall–Kier alpha value is -1.43. The number of hydrogen-bond acceptors (Lipinski definition) is 3. The zero-order valence-electron chi connectivity index (χ0n) is 8.12. The van der Waals surface area contributed by atoms with Crippen LogP contribution < -0.4 is 11.1 Å². The van der Waals surface area contributed by atoms with Crippen LogP contribution in [0.4, 0.5) is 10.1 Å². The number of hydrogen-bond donors (Lipinski definition) is 2. The van der Waals surface area contributed by atoms with Gasteiger partial charge in [0.2, 0.25) is 5.91 Å². The van der Waals surface area contributed by atoms with Crippen molar-refractivity contribution in [2.24, 2.45) is 0 Å². The van der Waals surface area contributed by atoms with E-state index >= 15 is 0 Å². The highest BCUT2D eigenvalue weighted by atomic mass is 32.2. The molecule has 4 nitrogen and oxygen atoms in total. The molecule has 1 aromatic carbocycles. The van der Waals surface area contributed by atoms with Crippen LogP contribution >= 0.6 is 0 Å². The highest BCUT2D eigenvalue weighted by Crippen LogP contribution is 2.14. The van der Waals surface area contributed by atoms with Gasteiger partial charge in [-0.05, 0) is 18.2 Å². The molecule has 0 aliphatic heterocycles. The fourth-order valence-corrected chi connectivity index (χ4v) is 1.93. The van der Waals surface area contributed by atoms with Crippen LogP contribution in [0.2, 0.25) is 0 Å². The van der Waals surface area contributed by atoms with Crippen LogP contribution in [0, 0.1) is 5.82 Å². The SMILES string of the molecule is CNC(=O)CS(=O)c1ccc(N)c(F)c1. The van der Waals surface area contributed by atoms with Crippen LogP contribution in [-0.2, 0) is 15.6 Å². The molecule has 0 radical (unpaired) electrons. The van der Waals surface area contributed by atoms with Crippen LogP contribution in [0.25, 0.3) is 0 Å². The van der Waals surface area contributed by atoms with E-state index in [0.717, 1.165) is 6.07 Å². The normalized spacial score (nSPS) is 12.1. The van der Waals surface area contributed by atoms with E-state index in [0.29, 0.717) is 0 Å². The van der Waals surface area contributed by atoms with Crippen molar-refractivity contribution in [3.63, 3.8) is 0 Å². The molecule has 1 amide bonds. The van der Waals surface area contributed by atoms with Crippen molar-refractivity contribution < 1.29 is 13.4 Å². The first kappa shape index (κ1) is 11.6. The average molecular weight is 230 g/mol. The number of anilines is 1. The maximum Gasteiger partial charge on any atom is 0.232 e. The maximum absolute atomic E-state index is 13.0. The molecule has 0 bridgehead atoms. The second-order valence-electron chi connectivity index (χ2n) is 2.85. The van der Waals surface area contributed by atoms with Crippen LogP contribution in [0.15, 0.2) is 23.1 Å². The number of amides is 1. The molecule has 0 saturated carbocycles. The summed E-state index contributed by atoms with van der Waals surface area (Å²) in [4.78, 5) is 11.2. The Balaban J connectivity index is 2.83. The molecule has 1 unspecified atom stereocenters. The number of nitrogen functional groups attached to an aromatic ring is 1. The highest BCUT2D eigenvalue weighted by molar-refractivity contribution is 7.85. The number of carbonyl (C=O) groups is 1. The molecule has 1 rings (SSSR count). The first-order valence-electron chi connectivity index (χ1n) is 4.18. The minimum Gasteiger partial charge on any atom is -0.396 e. The van der Waals surface area contributed by atoms with Gasteiger partial charge in [-0.1, -0.05) is 0 Å². The van der Waals surface area contributed by atoms with Crippen LogP contribution in [-0.4, -0.2) is 22.9 Å². The van der Waals surface area contributed by atoms with Gasteiger partial charge < -0.3 is 11.1 Å². The summed E-state index contributed by atoms with van der Waals surface area (Å²) in [6.07, 6.45) is 0. The van der Waals surface area contributed by atoms with E-state index in [2.05, 4.69) is 5.32 Å². The zero-order valence-corrected chi connectivity index (χ0v) is 8.94. The Bertz CT molecular complexity index is 409. The summed E-state index contributed by atoms with van der Waals surface area (Å²) in [5.74, 6) is -1.16. The van der Waals surface area contributed by atoms with Gasteiger partial charge in [0, 0.05) is 11.9 Å². The van der Waals surface area contributed by atoms with Crippen molar-refractivity contribution in [2.45, 2.75) is 4.90 Å². The molecule has 0 fully saturated rings. The van der Waals surface area contributed by atoms with E-state index in [-0.39, 0.29) is 22.2 Å². The summed E-state index contributed by atoms with van der Waals surface area (Å²) in [6.45, 7) is 0. The van der Waals surface area contributed by atoms with Crippen LogP contribution in [0.3, 0.4) is 0 Å². The van der Waals surface area contributed by atoms with Gasteiger partial charge in [0.25, 0.3) is 0 Å². The molecule has 0 aromatic heterocycles. The number of nitrogens with one attached hydrogen (secondary N) is 1. The molecule has 15 heavy (non-hydrogen) atoms. The van der Waals surface area contributed by atoms with Gasteiger partial charge in [-0.2, -0.15) is 0 Å². The van der Waals surface area contributed by atoms with Gasteiger partial charge in [-0.3, -0.25) is 9.00 Å². The van der Waals surface area contributed by atoms with Gasteiger partial charge in [0.1, 0.15) is 11.6 Å². The second-order valence-corrected chi connectivity index (χ2v) is 4.30. The molecule has 0 aliphatic rings. The number of nitrogens with two attached hydrogens (primary N) is 1. The van der Waals surface area contributed by atoms with E-state index in [1.54, 1.807) is 0 Å². The van der Waals surface area contributed by atoms with Gasteiger partial charge in [-0.15, -0.1) is 0 Å². The Morgan fingerprint density at radius 2 is 2.27 bits per heavy atom. The lowest BCUT2D eigenvalue weighted by Crippen LogP contribution is -2.24. The third-order valence-corrected chi connectivity index (χ3v) is 3.08. The van der Waals surface area contributed by atoms with Crippen molar-refractivity contribution in [1.82, 2.24) is 5.32 Å². The fraction of sp³-hybridized carbons (Fsp3) is 0.222. The quantitative estimate of drug-likeness (QED) is 0.732. The monoisotopic (exact) mass is 230 g/mol. The summed E-state index contributed by atoms with van der Waals surface area (Å²) < 4.78 is 24.5. The van der Waals surface area contributed by atoms with Gasteiger partial charge >= 0.3 is 0 Å². The van der Waals surface area contributed by atoms with Crippen molar-refractivity contribution in [2.75, 3.05) is 18.5 Å². The highest BCUT2D eigenvalue weighted by Gasteiger charge is 2.10. The molecule has 82 valence electrons. The molecular formula is C9H11FN2O2S. The number of benzene rings is 1. The lowest BCUT2D eigenvalue weighted by molar-refractivity contribution is -0.118. The summed E-state index contributed by atoms with van der Waals surface area (Å²) >= 11 is 0. The predicted molar refractivity (Wildman–Crippen MR) is 56.2 cm³/mol. The number of halogens is 1. The Morgan fingerprint density at radius 1 is 1.60 bits per heavy atom. The van der Waals surface area contributed by atoms with Gasteiger partial charge in [-0.25, -0.2) is 4.39 Å². The van der Waals surface area contributed by atoms with E-state index in [4.69, 9.17) is 5.73 Å². The average Bonchev–Trinajstić information content (AvgIpc) is 2.21. The lowest BCUT2D eigenvalue weighted by atomic mass is 10.3. The molecule has 0 saturated heterocycles. The van der Waals surface area contributed by atoms with Crippen molar-refractivity contribution in [3.8, 4) is 0 Å². The molecule has 0 spiro atoms. The number of rotatable bonds is 3. The van der Waals surface area contributed by atoms with Crippen LogP contribution in [0.5, 0.6) is 0 Å². The topological polar surface area (TPSA) is 72.2 Å². The van der Waals surface area contributed by atoms with Crippen LogP contribution in [0.1, 0.15) is 0 Å². The summed E-state index contributed by atoms with van der Waals surface area (Å²) in [5.41, 5.74) is 5.26. The Labute approximate surface area is 89.1 Å². The molecule has 3 N–H and O–H groups in total. The molecule has 1 aromatic rings. The smallest absolute Gasteiger partial charge is 0.232 e. The summed E-state index contributed by atoms with van der Waals surface area (Å²) in [6, 6.07) is 3.85. The van der Waals surface area contributed by atoms with Crippen molar-refractivity contribution in [1.29, 1.82) is 0 Å². The minimum absolute atomic E-state index is 0.00399. The summed E-state index contributed by atoms with van der Waals surface area (Å²) in [5, 5.41) is 2.34. The molecular weight excluding hydrogens is 219 g/mol. The Morgan fingerprint density at radius 3 is 2.80 bits per heavy atom. The lowest BCUT2D eigenvalue weighted by Gasteiger charge is -2.02. The van der Waals surface area contributed by atoms with E-state index in [1.165, 1.54) is 19.2 Å². The van der Waals surface area contributed by atoms with Crippen molar-refractivity contribution in [3.05, 3.63) is 24.0 Å². The first-order valence-corrected chi connectivity index (χ1v) is 5.50. The zero-order chi connectivity index (χ0) is 11.4. The molecule has 0 aliphatic carbocycles. The standard InChI is InChI=1S/C9H11FN2O2S/c1-12-9(13)5-15(14)6-2-3-8(11)7(10)4-6/h2-4H,5,11H2,1H3,(H,12,13). The van der Waals surface area contributed by atoms with E-state index < -0.39 is 16.6 Å². The first-order chi connectivity index (χ1) is 7.04. The summed E-state index contributed by atoms with van der Waals surface area (Å²) in [7, 11) is -0.0920. The van der Waals surface area contributed by atoms with E-state index in [9.17, 15) is 13.4 Å². The molecule has 6 heteroatoms. The van der Waals surface area contributed by atoms with E-state index in [1.807, 2.05) is 0 Å². The Kier molecular flexibility index (Phi) is 3.79. The number of carbonyl (C=O) groups excluding carboxylic acids is 1.